The summed E-state index contributed by atoms with van der Waals surface area (Å²) in [6.07, 6.45) is 9.14. The van der Waals surface area contributed by atoms with Crippen LogP contribution >= 0.6 is 0 Å². The summed E-state index contributed by atoms with van der Waals surface area (Å²) in [7, 11) is 0. The van der Waals surface area contributed by atoms with Crippen molar-refractivity contribution in [3.8, 4) is 0 Å². The van der Waals surface area contributed by atoms with Crippen LogP contribution in [0.4, 0.5) is 0 Å². The lowest BCUT2D eigenvalue weighted by molar-refractivity contribution is -0.137. The number of nitrogens with one attached hydrogen (secondary N) is 1. The lowest BCUT2D eigenvalue weighted by atomic mass is 9.89. The Kier molecular flexibility index (Phi) is 7.77. The second-order valence-corrected chi connectivity index (χ2v) is 8.69. The molecule has 144 valence electrons. The zero-order valence-electron chi connectivity index (χ0n) is 16.7. The summed E-state index contributed by atoms with van der Waals surface area (Å²) in [5.41, 5.74) is 0. The second-order valence-electron chi connectivity index (χ2n) is 8.69. The smallest absolute Gasteiger partial charge is 0.223 e. The van der Waals surface area contributed by atoms with E-state index in [4.69, 9.17) is 0 Å². The summed E-state index contributed by atoms with van der Waals surface area (Å²) in [6.45, 7) is 9.38. The van der Waals surface area contributed by atoms with E-state index < -0.39 is 0 Å². The lowest BCUT2D eigenvalue weighted by Gasteiger charge is -2.39. The Morgan fingerprint density at radius 3 is 2.24 bits per heavy atom. The van der Waals surface area contributed by atoms with E-state index in [0.29, 0.717) is 48.6 Å². The van der Waals surface area contributed by atoms with E-state index in [9.17, 15) is 9.59 Å². The van der Waals surface area contributed by atoms with Crippen LogP contribution in [0.25, 0.3) is 0 Å². The molecule has 0 aromatic rings. The van der Waals surface area contributed by atoms with Gasteiger partial charge in [-0.05, 0) is 43.4 Å². The van der Waals surface area contributed by atoms with Crippen LogP contribution in [0.5, 0.6) is 0 Å². The van der Waals surface area contributed by atoms with Crippen LogP contribution in [-0.2, 0) is 9.59 Å². The van der Waals surface area contributed by atoms with Gasteiger partial charge in [0.2, 0.25) is 11.8 Å². The zero-order valence-corrected chi connectivity index (χ0v) is 16.7. The molecule has 2 heterocycles. The van der Waals surface area contributed by atoms with Gasteiger partial charge >= 0.3 is 0 Å². The summed E-state index contributed by atoms with van der Waals surface area (Å²) in [6, 6.07) is 0.825. The Labute approximate surface area is 154 Å². The van der Waals surface area contributed by atoms with Crippen molar-refractivity contribution in [1.29, 1.82) is 0 Å². The van der Waals surface area contributed by atoms with E-state index in [1.54, 1.807) is 0 Å². The number of nitrogens with zero attached hydrogens (tertiary/aromatic N) is 1. The summed E-state index contributed by atoms with van der Waals surface area (Å²) >= 11 is 0. The van der Waals surface area contributed by atoms with Gasteiger partial charge in [0.25, 0.3) is 0 Å². The minimum Gasteiger partial charge on any atom is -0.356 e. The van der Waals surface area contributed by atoms with Crippen molar-refractivity contribution >= 4 is 11.8 Å². The Morgan fingerprint density at radius 2 is 1.72 bits per heavy atom. The molecule has 0 spiro atoms. The topological polar surface area (TPSA) is 49.4 Å². The molecule has 2 aliphatic heterocycles. The minimum absolute atomic E-state index is 0.214. The molecule has 2 unspecified atom stereocenters. The van der Waals surface area contributed by atoms with E-state index in [1.165, 1.54) is 0 Å². The fourth-order valence-corrected chi connectivity index (χ4v) is 4.77. The first kappa shape index (κ1) is 20.3. The Hall–Kier alpha value is -1.06. The molecule has 2 fully saturated rings. The molecule has 0 radical (unpaired) electrons. The van der Waals surface area contributed by atoms with Gasteiger partial charge in [-0.25, -0.2) is 0 Å². The first-order chi connectivity index (χ1) is 11.9. The SMILES string of the molecule is CCCC(CC)CC(=O)NCC1C[C@H]2CC[C@@H](C1)N2C(=O)CC(C)C. The van der Waals surface area contributed by atoms with Crippen molar-refractivity contribution in [2.75, 3.05) is 6.54 Å². The van der Waals surface area contributed by atoms with Gasteiger partial charge in [-0.1, -0.05) is 47.0 Å². The van der Waals surface area contributed by atoms with Gasteiger partial charge in [0.05, 0.1) is 0 Å². The van der Waals surface area contributed by atoms with E-state index in [1.807, 2.05) is 0 Å². The van der Waals surface area contributed by atoms with E-state index >= 15 is 0 Å². The standard InChI is InChI=1S/C21H38N2O2/c1-5-7-16(6-2)13-20(24)22-14-17-11-18-8-9-19(12-17)23(18)21(25)10-15(3)4/h15-19H,5-14H2,1-4H3,(H,22,24)/t16?,17?,18-,19+. The molecule has 1 N–H and O–H groups in total. The van der Waals surface area contributed by atoms with Crippen LogP contribution in [-0.4, -0.2) is 35.3 Å². The highest BCUT2D eigenvalue weighted by Gasteiger charge is 2.42. The van der Waals surface area contributed by atoms with Crippen molar-refractivity contribution in [1.82, 2.24) is 10.2 Å². The molecule has 25 heavy (non-hydrogen) atoms. The molecule has 2 bridgehead atoms. The molecular formula is C21H38N2O2. The molecule has 4 heteroatoms. The highest BCUT2D eigenvalue weighted by atomic mass is 16.2. The number of rotatable bonds is 9. The summed E-state index contributed by atoms with van der Waals surface area (Å²) < 4.78 is 0. The van der Waals surface area contributed by atoms with Gasteiger partial charge in [0.15, 0.2) is 0 Å². The predicted octanol–water partition coefficient (Wildman–Crippen LogP) is 4.13. The van der Waals surface area contributed by atoms with Crippen LogP contribution in [0.2, 0.25) is 0 Å². The summed E-state index contributed by atoms with van der Waals surface area (Å²) in [4.78, 5) is 26.9. The monoisotopic (exact) mass is 350 g/mol. The third-order valence-electron chi connectivity index (χ3n) is 6.04. The molecule has 0 aromatic heterocycles. The van der Waals surface area contributed by atoms with Gasteiger partial charge in [-0.2, -0.15) is 0 Å². The fraction of sp³-hybridized carbons (Fsp3) is 0.905. The first-order valence-corrected chi connectivity index (χ1v) is 10.5. The molecule has 4 nitrogen and oxygen atoms in total. The highest BCUT2D eigenvalue weighted by Crippen LogP contribution is 2.39. The molecule has 0 saturated carbocycles. The maximum Gasteiger partial charge on any atom is 0.223 e. The van der Waals surface area contributed by atoms with Crippen LogP contribution < -0.4 is 5.32 Å². The van der Waals surface area contributed by atoms with Crippen molar-refractivity contribution < 1.29 is 9.59 Å². The molecule has 2 amide bonds. The predicted molar refractivity (Wildman–Crippen MR) is 102 cm³/mol. The van der Waals surface area contributed by atoms with Crippen molar-refractivity contribution in [2.24, 2.45) is 17.8 Å². The largest absolute Gasteiger partial charge is 0.356 e. The Bertz CT molecular complexity index is 435. The Balaban J connectivity index is 1.77. The minimum atomic E-state index is 0.214. The quantitative estimate of drug-likeness (QED) is 0.679. The number of carbonyl (C=O) groups is 2. The van der Waals surface area contributed by atoms with Crippen LogP contribution in [0.15, 0.2) is 0 Å². The van der Waals surface area contributed by atoms with E-state index in [0.717, 1.165) is 51.5 Å². The van der Waals surface area contributed by atoms with Gasteiger partial charge < -0.3 is 10.2 Å². The van der Waals surface area contributed by atoms with Crippen molar-refractivity contribution in [3.63, 3.8) is 0 Å². The number of piperidine rings is 1. The van der Waals surface area contributed by atoms with Gasteiger partial charge in [0, 0.05) is 31.5 Å². The van der Waals surface area contributed by atoms with Crippen molar-refractivity contribution in [3.05, 3.63) is 0 Å². The molecule has 2 saturated heterocycles. The summed E-state index contributed by atoms with van der Waals surface area (Å²) in [5.74, 6) is 2.05. The van der Waals surface area contributed by atoms with Crippen LogP contribution in [0, 0.1) is 17.8 Å². The van der Waals surface area contributed by atoms with Crippen molar-refractivity contribution in [2.45, 2.75) is 97.6 Å². The number of fused-ring (bicyclic) bond motifs is 2. The average Bonchev–Trinajstić information content (AvgIpc) is 2.83. The fourth-order valence-electron chi connectivity index (χ4n) is 4.77. The van der Waals surface area contributed by atoms with E-state index in [-0.39, 0.29) is 5.91 Å². The third-order valence-corrected chi connectivity index (χ3v) is 6.04. The molecule has 0 aliphatic carbocycles. The van der Waals surface area contributed by atoms with Crippen LogP contribution in [0.1, 0.15) is 85.5 Å². The van der Waals surface area contributed by atoms with Crippen LogP contribution in [0.3, 0.4) is 0 Å². The molecule has 4 atom stereocenters. The highest BCUT2D eigenvalue weighted by molar-refractivity contribution is 5.77. The van der Waals surface area contributed by atoms with Gasteiger partial charge in [0.1, 0.15) is 0 Å². The first-order valence-electron chi connectivity index (χ1n) is 10.5. The third kappa shape index (κ3) is 5.72. The normalized spacial score (nSPS) is 26.8. The number of hydrogen-bond donors (Lipinski definition) is 1. The average molecular weight is 351 g/mol. The molecular weight excluding hydrogens is 312 g/mol. The second kappa shape index (κ2) is 9.59. The lowest BCUT2D eigenvalue weighted by Crippen LogP contribution is -2.48. The maximum atomic E-state index is 12.5. The number of amides is 2. The van der Waals surface area contributed by atoms with E-state index in [2.05, 4.69) is 37.9 Å². The number of carbonyl (C=O) groups excluding carboxylic acids is 2. The zero-order chi connectivity index (χ0) is 18.4. The molecule has 0 aromatic carbocycles. The number of hydrogen-bond acceptors (Lipinski definition) is 2. The van der Waals surface area contributed by atoms with Gasteiger partial charge in [-0.15, -0.1) is 0 Å². The molecule has 2 aliphatic rings. The Morgan fingerprint density at radius 1 is 1.08 bits per heavy atom. The maximum absolute atomic E-state index is 12.5. The molecule has 2 rings (SSSR count). The van der Waals surface area contributed by atoms with Gasteiger partial charge in [-0.3, -0.25) is 9.59 Å². The summed E-state index contributed by atoms with van der Waals surface area (Å²) in [5, 5.41) is 3.18.